The largest absolute Gasteiger partial charge is 0.480 e. The van der Waals surface area contributed by atoms with Crippen LogP contribution in [0.25, 0.3) is 10.9 Å². The van der Waals surface area contributed by atoms with Crippen molar-refractivity contribution in [1.29, 1.82) is 0 Å². The summed E-state index contributed by atoms with van der Waals surface area (Å²) >= 11 is 6.05. The Kier molecular flexibility index (Phi) is 4.28. The van der Waals surface area contributed by atoms with E-state index in [2.05, 4.69) is 4.98 Å². The van der Waals surface area contributed by atoms with E-state index in [0.717, 1.165) is 10.9 Å². The molecule has 1 fully saturated rings. The van der Waals surface area contributed by atoms with E-state index in [-0.39, 0.29) is 5.91 Å². The number of halogens is 1. The number of fused-ring (bicyclic) bond motifs is 1. The lowest BCUT2D eigenvalue weighted by Gasteiger charge is -2.37. The third-order valence-corrected chi connectivity index (χ3v) is 4.56. The summed E-state index contributed by atoms with van der Waals surface area (Å²) < 4.78 is 0. The number of benzene rings is 1. The van der Waals surface area contributed by atoms with Crippen LogP contribution in [-0.4, -0.2) is 57.9 Å². The molecule has 0 unspecified atom stereocenters. The van der Waals surface area contributed by atoms with Gasteiger partial charge in [0.2, 0.25) is 5.91 Å². The zero-order chi connectivity index (χ0) is 16.6. The summed E-state index contributed by atoms with van der Waals surface area (Å²) in [6.45, 7) is 3.68. The molecule has 1 aromatic heterocycles. The van der Waals surface area contributed by atoms with Crippen molar-refractivity contribution in [3.8, 4) is 0 Å². The maximum atomic E-state index is 11.9. The number of hydrogen-bond donors (Lipinski definition) is 2. The molecule has 2 N–H and O–H groups in total. The molecule has 0 saturated carbocycles. The highest BCUT2D eigenvalue weighted by Crippen LogP contribution is 2.31. The third kappa shape index (κ3) is 3.04. The summed E-state index contributed by atoms with van der Waals surface area (Å²) in [6, 6.07) is 4.64. The predicted octanol–water partition coefficient (Wildman–Crippen LogP) is 2.11. The van der Waals surface area contributed by atoms with Gasteiger partial charge in [0, 0.05) is 60.8 Å². The number of piperazine rings is 1. The van der Waals surface area contributed by atoms with Crippen LogP contribution in [0.5, 0.6) is 0 Å². The van der Waals surface area contributed by atoms with E-state index in [0.29, 0.717) is 36.8 Å². The van der Waals surface area contributed by atoms with Crippen molar-refractivity contribution in [3.63, 3.8) is 0 Å². The van der Waals surface area contributed by atoms with Crippen molar-refractivity contribution in [2.45, 2.75) is 13.0 Å². The molecule has 2 aromatic rings. The second kappa shape index (κ2) is 6.22. The lowest BCUT2D eigenvalue weighted by atomic mass is 10.0. The van der Waals surface area contributed by atoms with Gasteiger partial charge in [-0.25, -0.2) is 0 Å². The number of amides is 1. The van der Waals surface area contributed by atoms with E-state index in [1.807, 2.05) is 11.0 Å². The van der Waals surface area contributed by atoms with Gasteiger partial charge in [-0.3, -0.25) is 14.5 Å². The fraction of sp³-hybridized carbons (Fsp3) is 0.375. The van der Waals surface area contributed by atoms with Crippen LogP contribution in [0.4, 0.5) is 0 Å². The Hall–Kier alpha value is -2.05. The molecule has 1 aliphatic rings. The van der Waals surface area contributed by atoms with Gasteiger partial charge in [0.15, 0.2) is 0 Å². The molecule has 3 rings (SSSR count). The first-order valence-corrected chi connectivity index (χ1v) is 7.84. The van der Waals surface area contributed by atoms with Gasteiger partial charge in [0.25, 0.3) is 0 Å². The Morgan fingerprint density at radius 1 is 1.26 bits per heavy atom. The second-order valence-electron chi connectivity index (χ2n) is 5.72. The first-order chi connectivity index (χ1) is 11.0. The SMILES string of the molecule is CC(=O)N1CCN([C@H](C(=O)O)c2c[nH]c3ccc(Cl)cc23)CC1. The van der Waals surface area contributed by atoms with Crippen LogP contribution in [0.3, 0.4) is 0 Å². The first-order valence-electron chi connectivity index (χ1n) is 7.46. The van der Waals surface area contributed by atoms with Crippen LogP contribution in [0.15, 0.2) is 24.4 Å². The maximum Gasteiger partial charge on any atom is 0.325 e. The lowest BCUT2D eigenvalue weighted by Crippen LogP contribution is -2.50. The molecule has 0 radical (unpaired) electrons. The number of carbonyl (C=O) groups excluding carboxylic acids is 1. The standard InChI is InChI=1S/C16H18ClN3O3/c1-10(21)19-4-6-20(7-5-19)15(16(22)23)13-9-18-14-3-2-11(17)8-12(13)14/h2-3,8-9,15,18H,4-7H2,1H3,(H,22,23)/t15-/m0/s1. The summed E-state index contributed by atoms with van der Waals surface area (Å²) in [5.74, 6) is -0.877. The molecule has 1 saturated heterocycles. The van der Waals surface area contributed by atoms with E-state index >= 15 is 0 Å². The number of hydrogen-bond acceptors (Lipinski definition) is 3. The van der Waals surface area contributed by atoms with Crippen molar-refractivity contribution in [3.05, 3.63) is 35.0 Å². The monoisotopic (exact) mass is 335 g/mol. The van der Waals surface area contributed by atoms with Crippen LogP contribution < -0.4 is 0 Å². The zero-order valence-electron chi connectivity index (χ0n) is 12.8. The number of aromatic amines is 1. The number of aromatic nitrogens is 1. The van der Waals surface area contributed by atoms with E-state index in [1.165, 1.54) is 6.92 Å². The summed E-state index contributed by atoms with van der Waals surface area (Å²) in [7, 11) is 0. The van der Waals surface area contributed by atoms with E-state index in [1.54, 1.807) is 23.2 Å². The summed E-state index contributed by atoms with van der Waals surface area (Å²) in [4.78, 5) is 30.0. The van der Waals surface area contributed by atoms with E-state index in [4.69, 9.17) is 11.6 Å². The number of nitrogens with zero attached hydrogens (tertiary/aromatic N) is 2. The summed E-state index contributed by atoms with van der Waals surface area (Å²) in [6.07, 6.45) is 1.73. The topological polar surface area (TPSA) is 76.6 Å². The molecule has 122 valence electrons. The van der Waals surface area contributed by atoms with Crippen LogP contribution in [0.1, 0.15) is 18.5 Å². The Morgan fingerprint density at radius 3 is 2.57 bits per heavy atom. The zero-order valence-corrected chi connectivity index (χ0v) is 13.5. The molecule has 0 bridgehead atoms. The summed E-state index contributed by atoms with van der Waals surface area (Å²) in [5, 5.41) is 11.1. The minimum atomic E-state index is -0.901. The molecule has 0 spiro atoms. The molecule has 1 amide bonds. The quantitative estimate of drug-likeness (QED) is 0.900. The van der Waals surface area contributed by atoms with Crippen molar-refractivity contribution < 1.29 is 14.7 Å². The van der Waals surface area contributed by atoms with Crippen LogP contribution in [-0.2, 0) is 9.59 Å². The van der Waals surface area contributed by atoms with Crippen LogP contribution in [0.2, 0.25) is 5.02 Å². The van der Waals surface area contributed by atoms with E-state index < -0.39 is 12.0 Å². The molecule has 6 nitrogen and oxygen atoms in total. The first kappa shape index (κ1) is 15.8. The Bertz CT molecular complexity index is 750. The summed E-state index contributed by atoms with van der Waals surface area (Å²) in [5.41, 5.74) is 1.56. The van der Waals surface area contributed by atoms with Gasteiger partial charge in [-0.15, -0.1) is 0 Å². The number of aliphatic carboxylic acids is 1. The van der Waals surface area contributed by atoms with Crippen molar-refractivity contribution in [1.82, 2.24) is 14.8 Å². The number of carboxylic acid groups (broad SMARTS) is 1. The average Bonchev–Trinajstić information content (AvgIpc) is 2.91. The molecule has 7 heteroatoms. The Labute approximate surface area is 138 Å². The van der Waals surface area contributed by atoms with Gasteiger partial charge in [0.05, 0.1) is 0 Å². The highest BCUT2D eigenvalue weighted by atomic mass is 35.5. The van der Waals surface area contributed by atoms with Crippen LogP contribution >= 0.6 is 11.6 Å². The number of carbonyl (C=O) groups is 2. The van der Waals surface area contributed by atoms with Gasteiger partial charge in [0.1, 0.15) is 6.04 Å². The molecule has 1 atom stereocenters. The Balaban J connectivity index is 1.91. The smallest absolute Gasteiger partial charge is 0.325 e. The number of rotatable bonds is 3. The van der Waals surface area contributed by atoms with Gasteiger partial charge >= 0.3 is 5.97 Å². The average molecular weight is 336 g/mol. The Morgan fingerprint density at radius 2 is 1.96 bits per heavy atom. The van der Waals surface area contributed by atoms with Gasteiger partial charge < -0.3 is 15.0 Å². The molecular formula is C16H18ClN3O3. The third-order valence-electron chi connectivity index (χ3n) is 4.33. The van der Waals surface area contributed by atoms with Crippen molar-refractivity contribution in [2.24, 2.45) is 0 Å². The molecule has 0 aliphatic carbocycles. The minimum Gasteiger partial charge on any atom is -0.480 e. The molecule has 23 heavy (non-hydrogen) atoms. The second-order valence-corrected chi connectivity index (χ2v) is 6.15. The predicted molar refractivity (Wildman–Crippen MR) is 87.5 cm³/mol. The fourth-order valence-corrected chi connectivity index (χ4v) is 3.29. The van der Waals surface area contributed by atoms with E-state index in [9.17, 15) is 14.7 Å². The van der Waals surface area contributed by atoms with Gasteiger partial charge in [-0.05, 0) is 18.2 Å². The maximum absolute atomic E-state index is 11.9. The van der Waals surface area contributed by atoms with Crippen LogP contribution in [0, 0.1) is 0 Å². The van der Waals surface area contributed by atoms with Gasteiger partial charge in [-0.1, -0.05) is 11.6 Å². The van der Waals surface area contributed by atoms with Crippen molar-refractivity contribution in [2.75, 3.05) is 26.2 Å². The minimum absolute atomic E-state index is 0.0235. The van der Waals surface area contributed by atoms with Crippen molar-refractivity contribution >= 4 is 34.4 Å². The lowest BCUT2D eigenvalue weighted by molar-refractivity contribution is -0.144. The number of H-pyrrole nitrogens is 1. The number of nitrogens with one attached hydrogen (secondary N) is 1. The fourth-order valence-electron chi connectivity index (χ4n) is 3.12. The molecule has 1 aromatic carbocycles. The highest BCUT2D eigenvalue weighted by molar-refractivity contribution is 6.31. The van der Waals surface area contributed by atoms with Gasteiger partial charge in [-0.2, -0.15) is 0 Å². The molecule has 1 aliphatic heterocycles. The normalized spacial score (nSPS) is 17.4. The molecular weight excluding hydrogens is 318 g/mol. The highest BCUT2D eigenvalue weighted by Gasteiger charge is 2.32. The molecule has 2 heterocycles. The number of carboxylic acids is 1.